The van der Waals surface area contributed by atoms with Gasteiger partial charge in [-0.05, 0) is 43.5 Å². The second-order valence-corrected chi connectivity index (χ2v) is 7.85. The number of amides is 2. The molecule has 1 aliphatic rings. The van der Waals surface area contributed by atoms with Crippen LogP contribution in [0.1, 0.15) is 34.3 Å². The first kappa shape index (κ1) is 20.0. The molecule has 1 atom stereocenters. The van der Waals surface area contributed by atoms with E-state index in [1.807, 2.05) is 66.4 Å². The van der Waals surface area contributed by atoms with Crippen molar-refractivity contribution in [1.29, 1.82) is 0 Å². The number of rotatable bonds is 5. The summed E-state index contributed by atoms with van der Waals surface area (Å²) < 4.78 is 5.05. The van der Waals surface area contributed by atoms with Gasteiger partial charge in [0.15, 0.2) is 0 Å². The topological polar surface area (TPSA) is 53.8 Å². The third-order valence-corrected chi connectivity index (χ3v) is 5.62. The zero-order chi connectivity index (χ0) is 20.9. The van der Waals surface area contributed by atoms with Gasteiger partial charge in [0.05, 0.1) is 24.3 Å². The third kappa shape index (κ3) is 4.46. The van der Waals surface area contributed by atoms with E-state index in [1.165, 1.54) is 12.5 Å². The molecule has 0 radical (unpaired) electrons. The lowest BCUT2D eigenvalue weighted by Gasteiger charge is -2.35. The van der Waals surface area contributed by atoms with Gasteiger partial charge in [-0.2, -0.15) is 0 Å². The lowest BCUT2D eigenvalue weighted by atomic mass is 9.95. The van der Waals surface area contributed by atoms with E-state index < -0.39 is 0 Å². The lowest BCUT2D eigenvalue weighted by molar-refractivity contribution is -0.123. The molecule has 2 heterocycles. The van der Waals surface area contributed by atoms with Gasteiger partial charge in [0.1, 0.15) is 6.26 Å². The van der Waals surface area contributed by atoms with Crippen molar-refractivity contribution < 1.29 is 14.0 Å². The Kier molecular flexibility index (Phi) is 5.98. The summed E-state index contributed by atoms with van der Waals surface area (Å²) in [6.07, 6.45) is 4.55. The van der Waals surface area contributed by atoms with E-state index in [2.05, 4.69) is 0 Å². The standard InChI is InChI=1S/C25H26N2O3/c1-19-9-11-23(12-10-19)27(16-20-6-3-2-4-7-20)25(29)21-8-5-14-26(17-21)24(28)22-13-15-30-18-22/h2-4,6-7,9-13,15,18,21H,5,8,14,16-17H2,1H3. The molecule has 1 unspecified atom stereocenters. The number of furan rings is 1. The normalized spacial score (nSPS) is 16.3. The average molecular weight is 402 g/mol. The van der Waals surface area contributed by atoms with Crippen LogP contribution in [-0.2, 0) is 11.3 Å². The number of aryl methyl sites for hydroxylation is 1. The fourth-order valence-electron chi connectivity index (χ4n) is 3.94. The van der Waals surface area contributed by atoms with Crippen LogP contribution in [0.5, 0.6) is 0 Å². The van der Waals surface area contributed by atoms with Gasteiger partial charge in [-0.15, -0.1) is 0 Å². The quantitative estimate of drug-likeness (QED) is 0.623. The maximum absolute atomic E-state index is 13.6. The van der Waals surface area contributed by atoms with Gasteiger partial charge < -0.3 is 14.2 Å². The zero-order valence-electron chi connectivity index (χ0n) is 17.2. The summed E-state index contributed by atoms with van der Waals surface area (Å²) in [4.78, 5) is 30.0. The van der Waals surface area contributed by atoms with Crippen molar-refractivity contribution in [3.63, 3.8) is 0 Å². The number of hydrogen-bond acceptors (Lipinski definition) is 3. The molecule has 4 rings (SSSR count). The molecule has 2 aromatic carbocycles. The van der Waals surface area contributed by atoms with Crippen molar-refractivity contribution in [2.45, 2.75) is 26.3 Å². The SMILES string of the molecule is Cc1ccc(N(Cc2ccccc2)C(=O)C2CCCN(C(=O)c3ccoc3)C2)cc1. The third-order valence-electron chi connectivity index (χ3n) is 5.62. The van der Waals surface area contributed by atoms with Gasteiger partial charge in [0.25, 0.3) is 5.91 Å². The van der Waals surface area contributed by atoms with E-state index >= 15 is 0 Å². The molecular formula is C25H26N2O3. The minimum atomic E-state index is -0.223. The number of carbonyl (C=O) groups excluding carboxylic acids is 2. The van der Waals surface area contributed by atoms with Crippen LogP contribution >= 0.6 is 0 Å². The van der Waals surface area contributed by atoms with Gasteiger partial charge in [-0.25, -0.2) is 0 Å². The Labute approximate surface area is 176 Å². The van der Waals surface area contributed by atoms with E-state index in [9.17, 15) is 9.59 Å². The molecule has 1 aromatic heterocycles. The summed E-state index contributed by atoms with van der Waals surface area (Å²) in [7, 11) is 0. The van der Waals surface area contributed by atoms with Crippen molar-refractivity contribution in [3.8, 4) is 0 Å². The molecule has 1 aliphatic heterocycles. The minimum absolute atomic E-state index is 0.0624. The van der Waals surface area contributed by atoms with E-state index in [0.717, 1.165) is 29.7 Å². The average Bonchev–Trinajstić information content (AvgIpc) is 3.33. The highest BCUT2D eigenvalue weighted by molar-refractivity contribution is 5.97. The van der Waals surface area contributed by atoms with Crippen molar-refractivity contribution in [2.75, 3.05) is 18.0 Å². The van der Waals surface area contributed by atoms with Crippen LogP contribution in [0.4, 0.5) is 5.69 Å². The molecule has 0 N–H and O–H groups in total. The van der Waals surface area contributed by atoms with Crippen LogP contribution in [0.25, 0.3) is 0 Å². The highest BCUT2D eigenvalue weighted by Gasteiger charge is 2.32. The Morgan fingerprint density at radius 1 is 1.07 bits per heavy atom. The second-order valence-electron chi connectivity index (χ2n) is 7.85. The molecule has 5 heteroatoms. The van der Waals surface area contributed by atoms with E-state index in [1.54, 1.807) is 11.0 Å². The van der Waals surface area contributed by atoms with Gasteiger partial charge in [-0.3, -0.25) is 9.59 Å². The Bertz CT molecular complexity index is 981. The molecule has 1 saturated heterocycles. The summed E-state index contributed by atoms with van der Waals surface area (Å²) in [5, 5.41) is 0. The smallest absolute Gasteiger partial charge is 0.257 e. The molecule has 0 saturated carbocycles. The van der Waals surface area contributed by atoms with Crippen molar-refractivity contribution >= 4 is 17.5 Å². The summed E-state index contributed by atoms with van der Waals surface area (Å²) in [5.41, 5.74) is 3.64. The molecule has 2 amide bonds. The van der Waals surface area contributed by atoms with E-state index in [-0.39, 0.29) is 17.7 Å². The van der Waals surface area contributed by atoms with Gasteiger partial charge in [-0.1, -0.05) is 48.0 Å². The summed E-state index contributed by atoms with van der Waals surface area (Å²) in [5.74, 6) is -0.238. The zero-order valence-corrected chi connectivity index (χ0v) is 17.2. The second kappa shape index (κ2) is 8.99. The first-order chi connectivity index (χ1) is 14.6. The minimum Gasteiger partial charge on any atom is -0.472 e. The fraction of sp³-hybridized carbons (Fsp3) is 0.280. The molecule has 3 aromatic rings. The predicted molar refractivity (Wildman–Crippen MR) is 116 cm³/mol. The van der Waals surface area contributed by atoms with Crippen LogP contribution in [0.15, 0.2) is 77.6 Å². The molecule has 154 valence electrons. The molecule has 0 bridgehead atoms. The maximum atomic E-state index is 13.6. The highest BCUT2D eigenvalue weighted by atomic mass is 16.3. The molecule has 1 fully saturated rings. The summed E-state index contributed by atoms with van der Waals surface area (Å²) in [6, 6.07) is 19.7. The largest absolute Gasteiger partial charge is 0.472 e. The number of piperidine rings is 1. The molecule has 0 spiro atoms. The number of likely N-dealkylation sites (tertiary alicyclic amines) is 1. The number of nitrogens with zero attached hydrogens (tertiary/aromatic N) is 2. The molecular weight excluding hydrogens is 376 g/mol. The highest BCUT2D eigenvalue weighted by Crippen LogP contribution is 2.26. The van der Waals surface area contributed by atoms with Crippen LogP contribution < -0.4 is 4.90 Å². The Morgan fingerprint density at radius 2 is 1.83 bits per heavy atom. The Hall–Kier alpha value is -3.34. The lowest BCUT2D eigenvalue weighted by Crippen LogP contribution is -2.46. The first-order valence-corrected chi connectivity index (χ1v) is 10.4. The number of carbonyl (C=O) groups is 2. The van der Waals surface area contributed by atoms with Crippen LogP contribution in [0, 0.1) is 12.8 Å². The number of anilines is 1. The maximum Gasteiger partial charge on any atom is 0.257 e. The first-order valence-electron chi connectivity index (χ1n) is 10.4. The van der Waals surface area contributed by atoms with Gasteiger partial charge in [0.2, 0.25) is 5.91 Å². The van der Waals surface area contributed by atoms with E-state index in [4.69, 9.17) is 4.42 Å². The Morgan fingerprint density at radius 3 is 2.53 bits per heavy atom. The number of hydrogen-bond donors (Lipinski definition) is 0. The van der Waals surface area contributed by atoms with Crippen LogP contribution in [-0.4, -0.2) is 29.8 Å². The molecule has 30 heavy (non-hydrogen) atoms. The Balaban J connectivity index is 1.55. The van der Waals surface area contributed by atoms with Crippen LogP contribution in [0.3, 0.4) is 0 Å². The predicted octanol–water partition coefficient (Wildman–Crippen LogP) is 4.67. The molecule has 5 nitrogen and oxygen atoms in total. The molecule has 0 aliphatic carbocycles. The van der Waals surface area contributed by atoms with Crippen molar-refractivity contribution in [3.05, 3.63) is 89.9 Å². The number of benzene rings is 2. The fourth-order valence-corrected chi connectivity index (χ4v) is 3.94. The van der Waals surface area contributed by atoms with E-state index in [0.29, 0.717) is 25.2 Å². The van der Waals surface area contributed by atoms with Crippen molar-refractivity contribution in [1.82, 2.24) is 4.90 Å². The summed E-state index contributed by atoms with van der Waals surface area (Å²) >= 11 is 0. The monoisotopic (exact) mass is 402 g/mol. The van der Waals surface area contributed by atoms with Crippen molar-refractivity contribution in [2.24, 2.45) is 5.92 Å². The van der Waals surface area contributed by atoms with Gasteiger partial charge in [0, 0.05) is 18.8 Å². The summed E-state index contributed by atoms with van der Waals surface area (Å²) in [6.45, 7) is 3.64. The van der Waals surface area contributed by atoms with Gasteiger partial charge >= 0.3 is 0 Å². The van der Waals surface area contributed by atoms with Crippen LogP contribution in [0.2, 0.25) is 0 Å².